The summed E-state index contributed by atoms with van der Waals surface area (Å²) >= 11 is 0. The molecule has 0 saturated carbocycles. The number of hydrogen-bond acceptors (Lipinski definition) is 4. The Balaban J connectivity index is 1.65. The molecule has 0 aliphatic carbocycles. The van der Waals surface area contributed by atoms with E-state index in [9.17, 15) is 5.11 Å². The van der Waals surface area contributed by atoms with Crippen LogP contribution in [0.4, 0.5) is 0 Å². The van der Waals surface area contributed by atoms with Crippen LogP contribution in [-0.4, -0.2) is 59.5 Å². The Kier molecular flexibility index (Phi) is 4.15. The van der Waals surface area contributed by atoms with Crippen LogP contribution >= 0.6 is 0 Å². The van der Waals surface area contributed by atoms with Gasteiger partial charge in [-0.3, -0.25) is 0 Å². The maximum Gasteiger partial charge on any atom is 0.0945 e. The van der Waals surface area contributed by atoms with Crippen molar-refractivity contribution in [3.05, 3.63) is 18.7 Å². The molecule has 1 aromatic rings. The van der Waals surface area contributed by atoms with E-state index >= 15 is 0 Å². The zero-order valence-electron chi connectivity index (χ0n) is 10.4. The van der Waals surface area contributed by atoms with Gasteiger partial charge in [0.1, 0.15) is 0 Å². The molecule has 0 bridgehead atoms. The van der Waals surface area contributed by atoms with Gasteiger partial charge in [-0.1, -0.05) is 0 Å². The summed E-state index contributed by atoms with van der Waals surface area (Å²) in [4.78, 5) is 6.29. The monoisotopic (exact) mass is 239 g/mol. The van der Waals surface area contributed by atoms with Gasteiger partial charge in [0.05, 0.1) is 31.6 Å². The van der Waals surface area contributed by atoms with Crippen molar-refractivity contribution in [3.63, 3.8) is 0 Å². The van der Waals surface area contributed by atoms with Crippen LogP contribution < -0.4 is 0 Å². The predicted molar refractivity (Wildman–Crippen MR) is 64.7 cm³/mol. The number of aliphatic hydroxyl groups excluding tert-OH is 1. The smallest absolute Gasteiger partial charge is 0.0945 e. The van der Waals surface area contributed by atoms with Gasteiger partial charge < -0.3 is 19.3 Å². The van der Waals surface area contributed by atoms with Gasteiger partial charge in [-0.05, 0) is 20.0 Å². The standard InChI is InChI=1S/C12H21N3O2/c1-14(7-12(8-16)9-17-10-12)4-2-5-15-6-3-13-11-15/h3,6,11,16H,2,4-5,7-10H2,1H3. The highest BCUT2D eigenvalue weighted by Gasteiger charge is 2.38. The Hall–Kier alpha value is -0.910. The third kappa shape index (κ3) is 3.28. The second kappa shape index (κ2) is 5.62. The first-order valence-corrected chi connectivity index (χ1v) is 6.07. The van der Waals surface area contributed by atoms with Crippen molar-refractivity contribution in [1.29, 1.82) is 0 Å². The van der Waals surface area contributed by atoms with E-state index in [4.69, 9.17) is 4.74 Å². The lowest BCUT2D eigenvalue weighted by Crippen LogP contribution is -2.52. The van der Waals surface area contributed by atoms with Gasteiger partial charge >= 0.3 is 0 Å². The molecule has 0 amide bonds. The minimum atomic E-state index is -0.0102. The normalized spacial score (nSPS) is 18.3. The van der Waals surface area contributed by atoms with Crippen LogP contribution in [0.15, 0.2) is 18.7 Å². The fourth-order valence-electron chi connectivity index (χ4n) is 2.22. The molecule has 1 saturated heterocycles. The van der Waals surface area contributed by atoms with Gasteiger partial charge in [-0.15, -0.1) is 0 Å². The van der Waals surface area contributed by atoms with Crippen LogP contribution in [0, 0.1) is 5.41 Å². The van der Waals surface area contributed by atoms with Gasteiger partial charge in [-0.25, -0.2) is 4.98 Å². The summed E-state index contributed by atoms with van der Waals surface area (Å²) in [5, 5.41) is 9.34. The molecule has 5 nitrogen and oxygen atoms in total. The molecule has 0 unspecified atom stereocenters. The minimum absolute atomic E-state index is 0.0102. The molecule has 0 atom stereocenters. The zero-order chi connectivity index (χ0) is 12.1. The van der Waals surface area contributed by atoms with E-state index in [2.05, 4.69) is 21.5 Å². The molecule has 1 aromatic heterocycles. The minimum Gasteiger partial charge on any atom is -0.396 e. The number of aryl methyl sites for hydroxylation is 1. The number of aromatic nitrogens is 2. The van der Waals surface area contributed by atoms with Crippen molar-refractivity contribution >= 4 is 0 Å². The van der Waals surface area contributed by atoms with Gasteiger partial charge in [0.15, 0.2) is 0 Å². The van der Waals surface area contributed by atoms with Gasteiger partial charge in [0, 0.05) is 25.5 Å². The molecule has 1 N–H and O–H groups in total. The molecule has 96 valence electrons. The average molecular weight is 239 g/mol. The zero-order valence-corrected chi connectivity index (χ0v) is 10.4. The lowest BCUT2D eigenvalue weighted by atomic mass is 9.86. The molecular weight excluding hydrogens is 218 g/mol. The lowest BCUT2D eigenvalue weighted by Gasteiger charge is -2.42. The van der Waals surface area contributed by atoms with Gasteiger partial charge in [-0.2, -0.15) is 0 Å². The van der Waals surface area contributed by atoms with Crippen molar-refractivity contribution in [2.45, 2.75) is 13.0 Å². The van der Waals surface area contributed by atoms with E-state index in [1.807, 2.05) is 12.5 Å². The number of hydrogen-bond donors (Lipinski definition) is 1. The van der Waals surface area contributed by atoms with Crippen molar-refractivity contribution in [1.82, 2.24) is 14.5 Å². The first kappa shape index (κ1) is 12.5. The molecule has 1 aliphatic heterocycles. The lowest BCUT2D eigenvalue weighted by molar-refractivity contribution is -0.146. The average Bonchev–Trinajstić information content (AvgIpc) is 2.76. The van der Waals surface area contributed by atoms with E-state index < -0.39 is 0 Å². The van der Waals surface area contributed by atoms with Crippen molar-refractivity contribution in [2.24, 2.45) is 5.41 Å². The summed E-state index contributed by atoms with van der Waals surface area (Å²) in [7, 11) is 2.10. The first-order chi connectivity index (χ1) is 8.24. The maximum atomic E-state index is 9.34. The largest absolute Gasteiger partial charge is 0.396 e. The molecule has 2 rings (SSSR count). The van der Waals surface area contributed by atoms with E-state index in [1.54, 1.807) is 6.20 Å². The van der Waals surface area contributed by atoms with Crippen LogP contribution in [0.25, 0.3) is 0 Å². The second-order valence-corrected chi connectivity index (χ2v) is 5.04. The van der Waals surface area contributed by atoms with Gasteiger partial charge in [0.25, 0.3) is 0 Å². The summed E-state index contributed by atoms with van der Waals surface area (Å²) < 4.78 is 7.28. The Labute approximate surface area is 102 Å². The Morgan fingerprint density at radius 1 is 1.53 bits per heavy atom. The van der Waals surface area contributed by atoms with Crippen molar-refractivity contribution in [3.8, 4) is 0 Å². The molecule has 0 aromatic carbocycles. The Morgan fingerprint density at radius 2 is 2.35 bits per heavy atom. The molecule has 1 aliphatic rings. The predicted octanol–water partition coefficient (Wildman–Crippen LogP) is 0.214. The van der Waals surface area contributed by atoms with Crippen LogP contribution in [0.5, 0.6) is 0 Å². The highest BCUT2D eigenvalue weighted by atomic mass is 16.5. The summed E-state index contributed by atoms with van der Waals surface area (Å²) in [6.07, 6.45) is 6.72. The highest BCUT2D eigenvalue weighted by Crippen LogP contribution is 2.27. The summed E-state index contributed by atoms with van der Waals surface area (Å²) in [6, 6.07) is 0. The third-order valence-electron chi connectivity index (χ3n) is 3.27. The summed E-state index contributed by atoms with van der Waals surface area (Å²) in [5.74, 6) is 0. The van der Waals surface area contributed by atoms with E-state index in [-0.39, 0.29) is 12.0 Å². The number of rotatable bonds is 7. The molecule has 2 heterocycles. The molecule has 0 radical (unpaired) electrons. The fourth-order valence-corrected chi connectivity index (χ4v) is 2.22. The quantitative estimate of drug-likeness (QED) is 0.739. The highest BCUT2D eigenvalue weighted by molar-refractivity contribution is 4.87. The van der Waals surface area contributed by atoms with Crippen molar-refractivity contribution < 1.29 is 9.84 Å². The SMILES string of the molecule is CN(CCCn1ccnc1)CC1(CO)COC1. The van der Waals surface area contributed by atoms with E-state index in [0.29, 0.717) is 13.2 Å². The van der Waals surface area contributed by atoms with Crippen LogP contribution in [-0.2, 0) is 11.3 Å². The van der Waals surface area contributed by atoms with E-state index in [0.717, 1.165) is 26.1 Å². The summed E-state index contributed by atoms with van der Waals surface area (Å²) in [6.45, 7) is 4.53. The van der Waals surface area contributed by atoms with E-state index in [1.165, 1.54) is 0 Å². The number of ether oxygens (including phenoxy) is 1. The summed E-state index contributed by atoms with van der Waals surface area (Å²) in [5.41, 5.74) is -0.0102. The molecule has 1 fully saturated rings. The van der Waals surface area contributed by atoms with Crippen LogP contribution in [0.1, 0.15) is 6.42 Å². The number of imidazole rings is 1. The van der Waals surface area contributed by atoms with Crippen LogP contribution in [0.3, 0.4) is 0 Å². The Bertz CT molecular complexity index is 317. The maximum absolute atomic E-state index is 9.34. The van der Waals surface area contributed by atoms with Crippen molar-refractivity contribution in [2.75, 3.05) is 40.0 Å². The Morgan fingerprint density at radius 3 is 2.88 bits per heavy atom. The second-order valence-electron chi connectivity index (χ2n) is 5.04. The first-order valence-electron chi connectivity index (χ1n) is 6.07. The number of nitrogens with zero attached hydrogens (tertiary/aromatic N) is 3. The molecular formula is C12H21N3O2. The molecule has 0 spiro atoms. The third-order valence-corrected chi connectivity index (χ3v) is 3.27. The number of aliphatic hydroxyl groups is 1. The molecule has 17 heavy (non-hydrogen) atoms. The van der Waals surface area contributed by atoms with Gasteiger partial charge in [0.2, 0.25) is 0 Å². The fraction of sp³-hybridized carbons (Fsp3) is 0.750. The molecule has 5 heteroatoms. The van der Waals surface area contributed by atoms with Crippen LogP contribution in [0.2, 0.25) is 0 Å². The topological polar surface area (TPSA) is 50.5 Å².